The minimum absolute atomic E-state index is 0.223. The van der Waals surface area contributed by atoms with Crippen molar-refractivity contribution >= 4 is 12.1 Å². The molecule has 3 rings (SSSR count). The lowest BCUT2D eigenvalue weighted by Crippen LogP contribution is -2.33. The van der Waals surface area contributed by atoms with Gasteiger partial charge in [0.1, 0.15) is 5.75 Å². The van der Waals surface area contributed by atoms with Crippen molar-refractivity contribution in [2.75, 3.05) is 6.79 Å². The van der Waals surface area contributed by atoms with E-state index in [2.05, 4.69) is 10.5 Å². The molecule has 0 fully saturated rings. The van der Waals surface area contributed by atoms with Crippen molar-refractivity contribution in [3.63, 3.8) is 0 Å². The Balaban J connectivity index is 1.53. The summed E-state index contributed by atoms with van der Waals surface area (Å²) in [5.74, 6) is 1.69. The maximum atomic E-state index is 12.0. The first-order chi connectivity index (χ1) is 11.6. The standard InChI is InChI=1S/C18H18N2O4/c1-12-3-6-15(7-4-12)24-13(2)18(21)20-19-10-14-5-8-16-17(9-14)23-11-22-16/h3-10,13H,11H2,1-2H3,(H,20,21). The number of benzene rings is 2. The molecule has 6 nitrogen and oxygen atoms in total. The molecule has 1 aliphatic heterocycles. The Hall–Kier alpha value is -3.02. The average Bonchev–Trinajstić information content (AvgIpc) is 3.04. The van der Waals surface area contributed by atoms with Crippen LogP contribution < -0.4 is 19.6 Å². The van der Waals surface area contributed by atoms with Crippen LogP contribution in [0.4, 0.5) is 0 Å². The van der Waals surface area contributed by atoms with Crippen LogP contribution in [0.3, 0.4) is 0 Å². The molecule has 1 heterocycles. The first-order valence-electron chi connectivity index (χ1n) is 7.58. The lowest BCUT2D eigenvalue weighted by Gasteiger charge is -2.12. The second kappa shape index (κ2) is 7.04. The fourth-order valence-electron chi connectivity index (χ4n) is 2.13. The number of nitrogens with one attached hydrogen (secondary N) is 1. The minimum atomic E-state index is -0.651. The summed E-state index contributed by atoms with van der Waals surface area (Å²) in [6.45, 7) is 3.89. The molecule has 0 saturated carbocycles. The molecule has 1 N–H and O–H groups in total. The highest BCUT2D eigenvalue weighted by Crippen LogP contribution is 2.31. The van der Waals surface area contributed by atoms with Crippen LogP contribution in [0.2, 0.25) is 0 Å². The predicted molar refractivity (Wildman–Crippen MR) is 89.6 cm³/mol. The molecule has 0 spiro atoms. The van der Waals surface area contributed by atoms with Crippen LogP contribution in [0, 0.1) is 6.92 Å². The van der Waals surface area contributed by atoms with Gasteiger partial charge in [-0.25, -0.2) is 5.43 Å². The minimum Gasteiger partial charge on any atom is -0.481 e. The predicted octanol–water partition coefficient (Wildman–Crippen LogP) is 2.64. The molecule has 2 aromatic rings. The number of carbonyl (C=O) groups excluding carboxylic acids is 1. The zero-order chi connectivity index (χ0) is 16.9. The van der Waals surface area contributed by atoms with Gasteiger partial charge in [-0.1, -0.05) is 17.7 Å². The topological polar surface area (TPSA) is 69.2 Å². The van der Waals surface area contributed by atoms with Gasteiger partial charge in [0.05, 0.1) is 6.21 Å². The van der Waals surface area contributed by atoms with Gasteiger partial charge in [-0.2, -0.15) is 5.10 Å². The molecule has 1 atom stereocenters. The number of fused-ring (bicyclic) bond motifs is 1. The summed E-state index contributed by atoms with van der Waals surface area (Å²) in [5, 5.41) is 3.94. The molecule has 1 aliphatic rings. The molecule has 24 heavy (non-hydrogen) atoms. The fraction of sp³-hybridized carbons (Fsp3) is 0.222. The number of rotatable bonds is 5. The highest BCUT2D eigenvalue weighted by Gasteiger charge is 2.14. The number of ether oxygens (including phenoxy) is 3. The van der Waals surface area contributed by atoms with Crippen molar-refractivity contribution < 1.29 is 19.0 Å². The summed E-state index contributed by atoms with van der Waals surface area (Å²) in [6.07, 6.45) is 0.889. The van der Waals surface area contributed by atoms with Crippen LogP contribution in [-0.4, -0.2) is 25.0 Å². The zero-order valence-corrected chi connectivity index (χ0v) is 13.5. The molecule has 0 saturated heterocycles. The van der Waals surface area contributed by atoms with Gasteiger partial charge in [0.25, 0.3) is 5.91 Å². The van der Waals surface area contributed by atoms with Gasteiger partial charge in [-0.05, 0) is 49.7 Å². The van der Waals surface area contributed by atoms with Crippen molar-refractivity contribution in [1.82, 2.24) is 5.43 Å². The number of hydrogen-bond donors (Lipinski definition) is 1. The van der Waals surface area contributed by atoms with Gasteiger partial charge in [-0.3, -0.25) is 4.79 Å². The Bertz CT molecular complexity index is 756. The Kier molecular flexibility index (Phi) is 4.65. The van der Waals surface area contributed by atoms with Crippen LogP contribution in [0.1, 0.15) is 18.1 Å². The summed E-state index contributed by atoms with van der Waals surface area (Å²) in [6, 6.07) is 12.9. The van der Waals surface area contributed by atoms with Gasteiger partial charge in [-0.15, -0.1) is 0 Å². The van der Waals surface area contributed by atoms with Crippen LogP contribution in [0.25, 0.3) is 0 Å². The monoisotopic (exact) mass is 326 g/mol. The molecule has 2 aromatic carbocycles. The van der Waals surface area contributed by atoms with Crippen molar-refractivity contribution in [2.24, 2.45) is 5.10 Å². The van der Waals surface area contributed by atoms with Crippen LogP contribution in [-0.2, 0) is 4.79 Å². The number of aryl methyl sites for hydroxylation is 1. The number of nitrogens with zero attached hydrogens (tertiary/aromatic N) is 1. The van der Waals surface area contributed by atoms with E-state index in [-0.39, 0.29) is 12.7 Å². The van der Waals surface area contributed by atoms with Crippen LogP contribution in [0.5, 0.6) is 17.2 Å². The van der Waals surface area contributed by atoms with Gasteiger partial charge in [0, 0.05) is 0 Å². The maximum Gasteiger partial charge on any atom is 0.280 e. The molecular formula is C18H18N2O4. The summed E-state index contributed by atoms with van der Waals surface area (Å²) in [7, 11) is 0. The quantitative estimate of drug-likeness (QED) is 0.677. The van der Waals surface area contributed by atoms with Crippen molar-refractivity contribution in [3.8, 4) is 17.2 Å². The highest BCUT2D eigenvalue weighted by atomic mass is 16.7. The molecule has 6 heteroatoms. The van der Waals surface area contributed by atoms with Crippen LogP contribution >= 0.6 is 0 Å². The van der Waals surface area contributed by atoms with E-state index in [1.54, 1.807) is 25.3 Å². The van der Waals surface area contributed by atoms with E-state index in [9.17, 15) is 4.79 Å². The Morgan fingerprint density at radius 1 is 1.21 bits per heavy atom. The molecule has 124 valence electrons. The lowest BCUT2D eigenvalue weighted by atomic mass is 10.2. The van der Waals surface area contributed by atoms with E-state index in [1.807, 2.05) is 37.3 Å². The van der Waals surface area contributed by atoms with Crippen molar-refractivity contribution in [2.45, 2.75) is 20.0 Å². The zero-order valence-electron chi connectivity index (χ0n) is 13.5. The van der Waals surface area contributed by atoms with Gasteiger partial charge >= 0.3 is 0 Å². The molecule has 0 bridgehead atoms. The van der Waals surface area contributed by atoms with Gasteiger partial charge in [0.2, 0.25) is 6.79 Å². The van der Waals surface area contributed by atoms with E-state index in [0.717, 1.165) is 11.1 Å². The number of amides is 1. The Labute approximate surface area is 140 Å². The summed E-state index contributed by atoms with van der Waals surface area (Å²) in [4.78, 5) is 12.0. The maximum absolute atomic E-state index is 12.0. The molecular weight excluding hydrogens is 308 g/mol. The molecule has 0 radical (unpaired) electrons. The van der Waals surface area contributed by atoms with Crippen molar-refractivity contribution in [3.05, 3.63) is 53.6 Å². The summed E-state index contributed by atoms with van der Waals surface area (Å²) >= 11 is 0. The normalized spacial score (nSPS) is 13.8. The smallest absolute Gasteiger partial charge is 0.280 e. The third-order valence-electron chi connectivity index (χ3n) is 3.49. The van der Waals surface area contributed by atoms with E-state index in [1.165, 1.54) is 0 Å². The third-order valence-corrected chi connectivity index (χ3v) is 3.49. The van der Waals surface area contributed by atoms with Gasteiger partial charge < -0.3 is 14.2 Å². The Morgan fingerprint density at radius 3 is 2.75 bits per heavy atom. The lowest BCUT2D eigenvalue weighted by molar-refractivity contribution is -0.127. The van der Waals surface area contributed by atoms with E-state index in [4.69, 9.17) is 14.2 Å². The van der Waals surface area contributed by atoms with Gasteiger partial charge in [0.15, 0.2) is 17.6 Å². The summed E-state index contributed by atoms with van der Waals surface area (Å²) < 4.78 is 16.1. The van der Waals surface area contributed by atoms with Crippen molar-refractivity contribution in [1.29, 1.82) is 0 Å². The second-order valence-corrected chi connectivity index (χ2v) is 5.42. The molecule has 0 aliphatic carbocycles. The first kappa shape index (κ1) is 15.9. The summed E-state index contributed by atoms with van der Waals surface area (Å²) in [5.41, 5.74) is 4.39. The van der Waals surface area contributed by atoms with E-state index < -0.39 is 6.10 Å². The van der Waals surface area contributed by atoms with E-state index in [0.29, 0.717) is 17.2 Å². The fourth-order valence-corrected chi connectivity index (χ4v) is 2.13. The number of hydrazone groups is 1. The Morgan fingerprint density at radius 2 is 1.96 bits per heavy atom. The second-order valence-electron chi connectivity index (χ2n) is 5.42. The number of carbonyl (C=O) groups is 1. The molecule has 1 unspecified atom stereocenters. The highest BCUT2D eigenvalue weighted by molar-refractivity contribution is 5.85. The molecule has 1 amide bonds. The largest absolute Gasteiger partial charge is 0.481 e. The van der Waals surface area contributed by atoms with E-state index >= 15 is 0 Å². The number of hydrogen-bond acceptors (Lipinski definition) is 5. The van der Waals surface area contributed by atoms with Crippen LogP contribution in [0.15, 0.2) is 47.6 Å². The molecule has 0 aromatic heterocycles. The first-order valence-corrected chi connectivity index (χ1v) is 7.58. The average molecular weight is 326 g/mol. The third kappa shape index (κ3) is 3.84. The SMILES string of the molecule is Cc1ccc(OC(C)C(=O)NN=Cc2ccc3c(c2)OCO3)cc1.